The second-order valence-electron chi connectivity index (χ2n) is 4.01. The number of H-pyrrole nitrogens is 1. The zero-order valence-electron chi connectivity index (χ0n) is 9.88. The topological polar surface area (TPSA) is 33.6 Å². The molecular weight excluding hydrogens is 261 g/mol. The first-order valence-electron chi connectivity index (χ1n) is 5.75. The second-order valence-corrected chi connectivity index (χ2v) is 4.39. The first kappa shape index (κ1) is 11.8. The van der Waals surface area contributed by atoms with Gasteiger partial charge in [0.25, 0.3) is 0 Å². The van der Waals surface area contributed by atoms with Crippen LogP contribution in [0.15, 0.2) is 54.6 Å². The van der Waals surface area contributed by atoms with Crippen molar-refractivity contribution in [3.05, 3.63) is 65.2 Å². The van der Waals surface area contributed by atoms with Gasteiger partial charge in [0.05, 0.1) is 5.69 Å². The summed E-state index contributed by atoms with van der Waals surface area (Å²) in [4.78, 5) is 0. The van der Waals surface area contributed by atoms with Crippen molar-refractivity contribution < 1.29 is 4.39 Å². The van der Waals surface area contributed by atoms with Gasteiger partial charge in [-0.05, 0) is 24.4 Å². The Morgan fingerprint density at radius 1 is 1.00 bits per heavy atom. The van der Waals surface area contributed by atoms with Crippen LogP contribution in [0, 0.1) is 10.6 Å². The van der Waals surface area contributed by atoms with Crippen molar-refractivity contribution in [3.63, 3.8) is 0 Å². The summed E-state index contributed by atoms with van der Waals surface area (Å²) in [6.07, 6.45) is 0. The van der Waals surface area contributed by atoms with Gasteiger partial charge in [-0.15, -0.1) is 0 Å². The summed E-state index contributed by atoms with van der Waals surface area (Å²) in [5, 5.41) is 6.89. The maximum absolute atomic E-state index is 13.9. The third-order valence-electron chi connectivity index (χ3n) is 2.80. The predicted octanol–water partition coefficient (Wildman–Crippen LogP) is 3.74. The van der Waals surface area contributed by atoms with E-state index >= 15 is 0 Å². The third-order valence-corrected chi connectivity index (χ3v) is 3.07. The Morgan fingerprint density at radius 2 is 1.68 bits per heavy atom. The number of para-hydroxylation sites is 1. The van der Waals surface area contributed by atoms with Gasteiger partial charge in [-0.25, -0.2) is 4.39 Å². The molecule has 0 saturated carbocycles. The zero-order valence-corrected chi connectivity index (χ0v) is 10.7. The van der Waals surface area contributed by atoms with Gasteiger partial charge < -0.3 is 0 Å². The molecule has 1 heterocycles. The van der Waals surface area contributed by atoms with E-state index in [-0.39, 0.29) is 5.82 Å². The standard InChI is InChI=1S/C14H10FN3S/c15-11-8-4-5-9-12(11)18-13(16-17-14(18)19)10-6-2-1-3-7-10/h1-9H,(H,17,19). The molecule has 1 N–H and O–H groups in total. The summed E-state index contributed by atoms with van der Waals surface area (Å²) in [5.74, 6) is 0.257. The van der Waals surface area contributed by atoms with Crippen molar-refractivity contribution in [2.75, 3.05) is 0 Å². The van der Waals surface area contributed by atoms with Crippen LogP contribution in [0.25, 0.3) is 17.1 Å². The molecular formula is C14H10FN3S. The van der Waals surface area contributed by atoms with Crippen LogP contribution >= 0.6 is 12.2 Å². The van der Waals surface area contributed by atoms with Gasteiger partial charge >= 0.3 is 0 Å². The number of rotatable bonds is 2. The maximum atomic E-state index is 13.9. The molecule has 0 atom stereocenters. The van der Waals surface area contributed by atoms with Crippen molar-refractivity contribution in [3.8, 4) is 17.1 Å². The number of aromatic nitrogens is 3. The Labute approximate surface area is 114 Å². The highest BCUT2D eigenvalue weighted by molar-refractivity contribution is 7.71. The molecule has 0 unspecified atom stereocenters. The fourth-order valence-electron chi connectivity index (χ4n) is 1.93. The van der Waals surface area contributed by atoms with Crippen molar-refractivity contribution in [1.29, 1.82) is 0 Å². The van der Waals surface area contributed by atoms with Crippen LogP contribution in [0.2, 0.25) is 0 Å². The Hall–Kier alpha value is -2.27. The minimum absolute atomic E-state index is 0.336. The Bertz CT molecular complexity index is 762. The minimum Gasteiger partial charge on any atom is -0.265 e. The van der Waals surface area contributed by atoms with E-state index in [0.717, 1.165) is 5.56 Å². The first-order valence-corrected chi connectivity index (χ1v) is 6.16. The SMILES string of the molecule is Fc1ccccc1-n1c(-c2ccccc2)n[nH]c1=S. The maximum Gasteiger partial charge on any atom is 0.200 e. The minimum atomic E-state index is -0.336. The Morgan fingerprint density at radius 3 is 2.42 bits per heavy atom. The van der Waals surface area contributed by atoms with Crippen molar-refractivity contribution in [2.45, 2.75) is 0 Å². The van der Waals surface area contributed by atoms with Crippen molar-refractivity contribution in [1.82, 2.24) is 14.8 Å². The number of hydrogen-bond donors (Lipinski definition) is 1. The molecule has 0 amide bonds. The highest BCUT2D eigenvalue weighted by atomic mass is 32.1. The average Bonchev–Trinajstić information content (AvgIpc) is 2.82. The molecule has 3 rings (SSSR count). The summed E-state index contributed by atoms with van der Waals surface area (Å²) in [7, 11) is 0. The van der Waals surface area contributed by atoms with Gasteiger partial charge in [-0.3, -0.25) is 9.67 Å². The van der Waals surface area contributed by atoms with Gasteiger partial charge in [0.15, 0.2) is 10.6 Å². The molecule has 1 aromatic heterocycles. The molecule has 3 nitrogen and oxygen atoms in total. The lowest BCUT2D eigenvalue weighted by atomic mass is 10.2. The molecule has 0 fully saturated rings. The van der Waals surface area contributed by atoms with E-state index in [0.29, 0.717) is 16.3 Å². The van der Waals surface area contributed by atoms with E-state index in [4.69, 9.17) is 12.2 Å². The summed E-state index contributed by atoms with van der Waals surface area (Å²) in [5.41, 5.74) is 1.26. The summed E-state index contributed by atoms with van der Waals surface area (Å²) in [6, 6.07) is 16.0. The van der Waals surface area contributed by atoms with E-state index in [1.165, 1.54) is 6.07 Å². The second kappa shape index (κ2) is 4.78. The molecule has 0 aliphatic carbocycles. The van der Waals surface area contributed by atoms with Crippen LogP contribution in [0.4, 0.5) is 4.39 Å². The monoisotopic (exact) mass is 271 g/mol. The number of nitrogens with zero attached hydrogens (tertiary/aromatic N) is 2. The highest BCUT2D eigenvalue weighted by Gasteiger charge is 2.12. The zero-order chi connectivity index (χ0) is 13.2. The normalized spacial score (nSPS) is 10.6. The molecule has 0 spiro atoms. The number of nitrogens with one attached hydrogen (secondary N) is 1. The summed E-state index contributed by atoms with van der Waals surface area (Å²) < 4.78 is 15.9. The number of hydrogen-bond acceptors (Lipinski definition) is 2. The van der Waals surface area contributed by atoms with E-state index in [9.17, 15) is 4.39 Å². The van der Waals surface area contributed by atoms with Crippen LogP contribution in [0.5, 0.6) is 0 Å². The molecule has 2 aromatic carbocycles. The number of benzene rings is 2. The predicted molar refractivity (Wildman–Crippen MR) is 74.1 cm³/mol. The van der Waals surface area contributed by atoms with Crippen molar-refractivity contribution in [2.24, 2.45) is 0 Å². The summed E-state index contributed by atoms with van der Waals surface area (Å²) in [6.45, 7) is 0. The molecule has 0 aliphatic heterocycles. The fraction of sp³-hybridized carbons (Fsp3) is 0. The van der Waals surface area contributed by atoms with Crippen LogP contribution in [0.3, 0.4) is 0 Å². The molecule has 0 aliphatic rings. The molecule has 94 valence electrons. The van der Waals surface area contributed by atoms with Crippen LogP contribution in [-0.4, -0.2) is 14.8 Å². The van der Waals surface area contributed by atoms with Gasteiger partial charge in [0, 0.05) is 5.56 Å². The quantitative estimate of drug-likeness (QED) is 0.720. The Balaban J connectivity index is 2.26. The molecule has 0 bridgehead atoms. The van der Waals surface area contributed by atoms with Gasteiger partial charge in [0.1, 0.15) is 5.82 Å². The van der Waals surface area contributed by atoms with E-state index in [1.54, 1.807) is 22.8 Å². The number of halogens is 1. The van der Waals surface area contributed by atoms with Gasteiger partial charge in [0.2, 0.25) is 0 Å². The number of aromatic amines is 1. The van der Waals surface area contributed by atoms with Crippen LogP contribution in [0.1, 0.15) is 0 Å². The van der Waals surface area contributed by atoms with E-state index in [1.807, 2.05) is 30.3 Å². The van der Waals surface area contributed by atoms with Crippen molar-refractivity contribution >= 4 is 12.2 Å². The third kappa shape index (κ3) is 2.08. The molecule has 3 aromatic rings. The van der Waals surface area contributed by atoms with Crippen LogP contribution < -0.4 is 0 Å². The fourth-order valence-corrected chi connectivity index (χ4v) is 2.16. The average molecular weight is 271 g/mol. The molecule has 0 saturated heterocycles. The lowest BCUT2D eigenvalue weighted by Gasteiger charge is -2.07. The van der Waals surface area contributed by atoms with E-state index < -0.39 is 0 Å². The molecule has 19 heavy (non-hydrogen) atoms. The lowest BCUT2D eigenvalue weighted by Crippen LogP contribution is -2.00. The summed E-state index contributed by atoms with van der Waals surface area (Å²) >= 11 is 5.19. The molecule has 0 radical (unpaired) electrons. The Kier molecular flexibility index (Phi) is 2.97. The van der Waals surface area contributed by atoms with E-state index in [2.05, 4.69) is 10.2 Å². The smallest absolute Gasteiger partial charge is 0.200 e. The molecule has 5 heteroatoms. The van der Waals surface area contributed by atoms with Gasteiger partial charge in [-0.2, -0.15) is 5.10 Å². The first-order chi connectivity index (χ1) is 9.27. The van der Waals surface area contributed by atoms with Gasteiger partial charge in [-0.1, -0.05) is 42.5 Å². The largest absolute Gasteiger partial charge is 0.265 e. The van der Waals surface area contributed by atoms with Crippen LogP contribution in [-0.2, 0) is 0 Å². The highest BCUT2D eigenvalue weighted by Crippen LogP contribution is 2.22. The lowest BCUT2D eigenvalue weighted by molar-refractivity contribution is 0.618.